The molecular formula is C17H19N3O3S. The molecule has 1 aliphatic heterocycles. The molecule has 2 N–H and O–H groups in total. The summed E-state index contributed by atoms with van der Waals surface area (Å²) in [5.74, 6) is -0.751. The number of oxime groups is 1. The quantitative estimate of drug-likeness (QED) is 0.660. The van der Waals surface area contributed by atoms with Crippen molar-refractivity contribution in [2.45, 2.75) is 26.7 Å². The maximum Gasteiger partial charge on any atom is 0.181 e. The van der Waals surface area contributed by atoms with Crippen LogP contribution >= 0.6 is 0 Å². The van der Waals surface area contributed by atoms with Crippen LogP contribution in [0.15, 0.2) is 46.0 Å². The number of nitrogens with zero attached hydrogens (tertiary/aromatic N) is 2. The molecule has 126 valence electrons. The van der Waals surface area contributed by atoms with E-state index in [1.165, 1.54) is 0 Å². The Kier molecular flexibility index (Phi) is 4.04. The molecule has 0 radical (unpaired) electrons. The minimum absolute atomic E-state index is 0.199. The third kappa shape index (κ3) is 2.54. The van der Waals surface area contributed by atoms with Crippen LogP contribution in [0.4, 0.5) is 0 Å². The molecule has 1 aliphatic rings. The zero-order valence-electron chi connectivity index (χ0n) is 13.7. The zero-order chi connectivity index (χ0) is 17.5. The average molecular weight is 345 g/mol. The molecule has 1 aromatic heterocycles. The van der Waals surface area contributed by atoms with Crippen molar-refractivity contribution in [3.8, 4) is 0 Å². The predicted molar refractivity (Wildman–Crippen MR) is 92.1 cm³/mol. The second-order valence-electron chi connectivity index (χ2n) is 5.99. The fourth-order valence-corrected chi connectivity index (χ4v) is 5.31. The molecule has 0 spiro atoms. The van der Waals surface area contributed by atoms with Gasteiger partial charge in [-0.1, -0.05) is 35.5 Å². The van der Waals surface area contributed by atoms with Gasteiger partial charge in [-0.25, -0.2) is 8.42 Å². The Labute approximate surface area is 140 Å². The van der Waals surface area contributed by atoms with Crippen molar-refractivity contribution in [2.24, 2.45) is 5.16 Å². The van der Waals surface area contributed by atoms with Crippen LogP contribution < -0.4 is 0 Å². The largest absolute Gasteiger partial charge is 0.411 e. The summed E-state index contributed by atoms with van der Waals surface area (Å²) in [6.07, 6.45) is 0. The molecule has 1 aromatic carbocycles. The second-order valence-corrected chi connectivity index (χ2v) is 7.94. The summed E-state index contributed by atoms with van der Waals surface area (Å²) in [4.78, 5) is 0.286. The van der Waals surface area contributed by atoms with Crippen LogP contribution in [0.5, 0.6) is 0 Å². The van der Waals surface area contributed by atoms with E-state index in [0.29, 0.717) is 5.57 Å². The minimum Gasteiger partial charge on any atom is -0.411 e. The summed E-state index contributed by atoms with van der Waals surface area (Å²) in [5, 5.41) is 19.5. The summed E-state index contributed by atoms with van der Waals surface area (Å²) in [7, 11) is -3.56. The van der Waals surface area contributed by atoms with Gasteiger partial charge in [-0.15, -0.1) is 0 Å². The van der Waals surface area contributed by atoms with Gasteiger partial charge >= 0.3 is 0 Å². The molecule has 0 fully saturated rings. The number of H-pyrrole nitrogens is 1. The minimum atomic E-state index is -3.56. The highest BCUT2D eigenvalue weighted by molar-refractivity contribution is 7.96. The third-order valence-corrected chi connectivity index (χ3v) is 6.32. The molecule has 1 unspecified atom stereocenters. The lowest BCUT2D eigenvalue weighted by Gasteiger charge is -2.20. The Morgan fingerprint density at radius 1 is 1.21 bits per heavy atom. The molecule has 2 heterocycles. The number of allylic oxidation sites excluding steroid dienone is 2. The molecular weight excluding hydrogens is 326 g/mol. The van der Waals surface area contributed by atoms with E-state index < -0.39 is 15.8 Å². The molecule has 0 saturated carbocycles. The van der Waals surface area contributed by atoms with Crippen molar-refractivity contribution in [1.82, 2.24) is 10.2 Å². The number of hydrogen-bond acceptors (Lipinski definition) is 5. The Bertz CT molecular complexity index is 921. The number of hydrogen-bond donors (Lipinski definition) is 2. The Morgan fingerprint density at radius 2 is 1.88 bits per heavy atom. The highest BCUT2D eigenvalue weighted by Gasteiger charge is 2.40. The Balaban J connectivity index is 2.34. The van der Waals surface area contributed by atoms with E-state index in [-0.39, 0.29) is 16.4 Å². The molecule has 0 amide bonds. The van der Waals surface area contributed by atoms with Crippen molar-refractivity contribution in [3.05, 3.63) is 63.3 Å². The van der Waals surface area contributed by atoms with Crippen LogP contribution in [0, 0.1) is 13.8 Å². The van der Waals surface area contributed by atoms with Gasteiger partial charge < -0.3 is 5.21 Å². The van der Waals surface area contributed by atoms with Gasteiger partial charge in [-0.05, 0) is 31.9 Å². The van der Waals surface area contributed by atoms with Gasteiger partial charge in [0, 0.05) is 17.2 Å². The molecule has 24 heavy (non-hydrogen) atoms. The van der Waals surface area contributed by atoms with Crippen molar-refractivity contribution < 1.29 is 13.6 Å². The molecule has 3 rings (SSSR count). The summed E-state index contributed by atoms with van der Waals surface area (Å²) < 4.78 is 25.6. The van der Waals surface area contributed by atoms with Crippen molar-refractivity contribution in [3.63, 3.8) is 0 Å². The first-order valence-electron chi connectivity index (χ1n) is 7.58. The van der Waals surface area contributed by atoms with E-state index in [1.807, 2.05) is 44.2 Å². The fraction of sp³-hybridized carbons (Fsp3) is 0.294. The van der Waals surface area contributed by atoms with Crippen molar-refractivity contribution in [1.29, 1.82) is 0 Å². The number of benzene rings is 1. The maximum atomic E-state index is 12.8. The van der Waals surface area contributed by atoms with Gasteiger partial charge in [0.1, 0.15) is 5.75 Å². The molecule has 7 heteroatoms. The lowest BCUT2D eigenvalue weighted by molar-refractivity contribution is 0.319. The van der Waals surface area contributed by atoms with Crippen LogP contribution in [-0.4, -0.2) is 35.3 Å². The summed E-state index contributed by atoms with van der Waals surface area (Å²) in [6.45, 7) is 5.42. The normalized spacial score (nSPS) is 19.9. The van der Waals surface area contributed by atoms with Gasteiger partial charge in [0.05, 0.1) is 16.3 Å². The molecule has 0 saturated heterocycles. The summed E-state index contributed by atoms with van der Waals surface area (Å²) in [6, 6.07) is 9.46. The summed E-state index contributed by atoms with van der Waals surface area (Å²) in [5.41, 5.74) is 3.99. The van der Waals surface area contributed by atoms with E-state index in [9.17, 15) is 8.42 Å². The number of rotatable bonds is 3. The average Bonchev–Trinajstić information content (AvgIpc) is 3.00. The maximum absolute atomic E-state index is 12.8. The van der Waals surface area contributed by atoms with E-state index in [2.05, 4.69) is 15.4 Å². The zero-order valence-corrected chi connectivity index (χ0v) is 14.6. The van der Waals surface area contributed by atoms with Crippen LogP contribution in [0.2, 0.25) is 0 Å². The first-order valence-corrected chi connectivity index (χ1v) is 9.23. The molecule has 6 nitrogen and oxygen atoms in total. The molecule has 2 aromatic rings. The smallest absolute Gasteiger partial charge is 0.181 e. The monoisotopic (exact) mass is 345 g/mol. The van der Waals surface area contributed by atoms with Crippen LogP contribution in [0.3, 0.4) is 0 Å². The first-order chi connectivity index (χ1) is 11.4. The molecule has 1 atom stereocenters. The topological polar surface area (TPSA) is 95.4 Å². The number of sulfone groups is 1. The van der Waals surface area contributed by atoms with Gasteiger partial charge in [-0.2, -0.15) is 5.10 Å². The van der Waals surface area contributed by atoms with Crippen LogP contribution in [0.25, 0.3) is 0 Å². The highest BCUT2D eigenvalue weighted by atomic mass is 32.2. The first kappa shape index (κ1) is 16.4. The van der Waals surface area contributed by atoms with E-state index in [1.54, 1.807) is 6.92 Å². The lowest BCUT2D eigenvalue weighted by atomic mass is 9.87. The SMILES string of the molecule is CC1=C(C(c2ccccc2)c2c(C)n[nH]c2C)S(=O)(=O)CC1=NO. The van der Waals surface area contributed by atoms with Gasteiger partial charge in [0.2, 0.25) is 0 Å². The third-order valence-electron chi connectivity index (χ3n) is 4.45. The van der Waals surface area contributed by atoms with E-state index in [4.69, 9.17) is 5.21 Å². The molecule has 0 aliphatic carbocycles. The molecule has 0 bridgehead atoms. The number of aryl methyl sites for hydroxylation is 2. The van der Waals surface area contributed by atoms with Crippen molar-refractivity contribution in [2.75, 3.05) is 5.75 Å². The summed E-state index contributed by atoms with van der Waals surface area (Å²) >= 11 is 0. The lowest BCUT2D eigenvalue weighted by Crippen LogP contribution is -2.14. The Hall–Kier alpha value is -2.41. The number of nitrogens with one attached hydrogen (secondary N) is 1. The number of aromatic nitrogens is 2. The van der Waals surface area contributed by atoms with Crippen molar-refractivity contribution >= 4 is 15.5 Å². The standard InChI is InChI=1S/C17H19N3O3S/c1-10-14(20-21)9-24(22,23)17(10)16(13-7-5-4-6-8-13)15-11(2)18-19-12(15)3/h4-8,16,21H,9H2,1-3H3,(H,18,19). The van der Waals surface area contributed by atoms with Crippen LogP contribution in [-0.2, 0) is 9.84 Å². The van der Waals surface area contributed by atoms with Gasteiger partial charge in [0.25, 0.3) is 0 Å². The van der Waals surface area contributed by atoms with E-state index >= 15 is 0 Å². The predicted octanol–water partition coefficient (Wildman–Crippen LogP) is 2.69. The Morgan fingerprint density at radius 3 is 2.38 bits per heavy atom. The van der Waals surface area contributed by atoms with Crippen LogP contribution in [0.1, 0.15) is 35.4 Å². The number of aromatic amines is 1. The van der Waals surface area contributed by atoms with E-state index in [0.717, 1.165) is 22.5 Å². The highest BCUT2D eigenvalue weighted by Crippen LogP contribution is 2.42. The fourth-order valence-electron chi connectivity index (χ4n) is 3.32. The second kappa shape index (κ2) is 5.90. The van der Waals surface area contributed by atoms with Gasteiger partial charge in [-0.3, -0.25) is 5.10 Å². The van der Waals surface area contributed by atoms with Gasteiger partial charge in [0.15, 0.2) is 9.84 Å².